The van der Waals surface area contributed by atoms with Crippen LogP contribution in [0.25, 0.3) is 0 Å². The lowest BCUT2D eigenvalue weighted by Crippen LogP contribution is -2.46. The molecule has 27 heavy (non-hydrogen) atoms. The molecular formula is C19H25F3N2O3. The van der Waals surface area contributed by atoms with Crippen LogP contribution in [0.2, 0.25) is 0 Å². The fourth-order valence-corrected chi connectivity index (χ4v) is 3.58. The Balaban J connectivity index is 1.94. The van der Waals surface area contributed by atoms with Gasteiger partial charge in [0.15, 0.2) is 0 Å². The minimum atomic E-state index is -4.44. The number of nitrogens with zero attached hydrogens (tertiary/aromatic N) is 2. The number of halogens is 3. The van der Waals surface area contributed by atoms with Crippen molar-refractivity contribution in [2.75, 3.05) is 26.7 Å². The lowest BCUT2D eigenvalue weighted by molar-refractivity contribution is -0.139. The van der Waals surface area contributed by atoms with Gasteiger partial charge in [0.2, 0.25) is 5.91 Å². The summed E-state index contributed by atoms with van der Waals surface area (Å²) in [6.45, 7) is 2.56. The zero-order valence-corrected chi connectivity index (χ0v) is 15.5. The fourth-order valence-electron chi connectivity index (χ4n) is 3.58. The van der Waals surface area contributed by atoms with Gasteiger partial charge in [0, 0.05) is 25.6 Å². The number of carbonyl (C=O) groups is 2. The van der Waals surface area contributed by atoms with Gasteiger partial charge in [-0.15, -0.1) is 0 Å². The molecular weight excluding hydrogens is 361 g/mol. The Morgan fingerprint density at radius 2 is 1.85 bits per heavy atom. The highest BCUT2D eigenvalue weighted by Crippen LogP contribution is 2.36. The van der Waals surface area contributed by atoms with Crippen LogP contribution in [0, 0.1) is 0 Å². The molecule has 1 fully saturated rings. The van der Waals surface area contributed by atoms with Crippen molar-refractivity contribution in [3.63, 3.8) is 0 Å². The van der Waals surface area contributed by atoms with Gasteiger partial charge in [0.1, 0.15) is 0 Å². The largest absolute Gasteiger partial charge is 0.480 e. The second kappa shape index (κ2) is 8.73. The highest BCUT2D eigenvalue weighted by molar-refractivity contribution is 5.77. The monoisotopic (exact) mass is 386 g/mol. The number of carboxylic acid groups (broad SMARTS) is 1. The molecule has 0 bridgehead atoms. The minimum Gasteiger partial charge on any atom is -0.480 e. The van der Waals surface area contributed by atoms with Gasteiger partial charge in [-0.1, -0.05) is 25.1 Å². The van der Waals surface area contributed by atoms with Gasteiger partial charge >= 0.3 is 12.1 Å². The molecule has 1 heterocycles. The highest BCUT2D eigenvalue weighted by Gasteiger charge is 2.35. The van der Waals surface area contributed by atoms with Crippen LogP contribution in [0.15, 0.2) is 24.3 Å². The maximum atomic E-state index is 13.2. The van der Waals surface area contributed by atoms with Crippen molar-refractivity contribution in [2.24, 2.45) is 0 Å². The number of likely N-dealkylation sites (tertiary alicyclic amines) is 1. The summed E-state index contributed by atoms with van der Waals surface area (Å²) in [4.78, 5) is 26.7. The third-order valence-electron chi connectivity index (χ3n) is 5.10. The average molecular weight is 386 g/mol. The van der Waals surface area contributed by atoms with E-state index >= 15 is 0 Å². The molecule has 0 aliphatic carbocycles. The third kappa shape index (κ3) is 5.69. The second-order valence-electron chi connectivity index (χ2n) is 7.11. The van der Waals surface area contributed by atoms with Crippen LogP contribution in [0.5, 0.6) is 0 Å². The van der Waals surface area contributed by atoms with Gasteiger partial charge in [-0.25, -0.2) is 0 Å². The molecule has 0 saturated carbocycles. The topological polar surface area (TPSA) is 60.9 Å². The van der Waals surface area contributed by atoms with E-state index < -0.39 is 23.6 Å². The smallest absolute Gasteiger partial charge is 0.416 e. The van der Waals surface area contributed by atoms with E-state index in [9.17, 15) is 22.8 Å². The van der Waals surface area contributed by atoms with Crippen LogP contribution in [-0.4, -0.2) is 59.5 Å². The van der Waals surface area contributed by atoms with Crippen LogP contribution in [0.3, 0.4) is 0 Å². The summed E-state index contributed by atoms with van der Waals surface area (Å²) < 4.78 is 39.5. The number of piperidine rings is 1. The van der Waals surface area contributed by atoms with Crippen molar-refractivity contribution in [3.05, 3.63) is 35.4 Å². The number of aliphatic carboxylic acids is 1. The quantitative estimate of drug-likeness (QED) is 0.816. The van der Waals surface area contributed by atoms with Crippen LogP contribution in [0.4, 0.5) is 13.2 Å². The molecule has 5 nitrogen and oxygen atoms in total. The first kappa shape index (κ1) is 21.2. The molecule has 1 aliphatic rings. The molecule has 1 amide bonds. The maximum Gasteiger partial charge on any atom is 0.416 e. The van der Waals surface area contributed by atoms with Crippen LogP contribution in [0.1, 0.15) is 43.2 Å². The molecule has 1 saturated heterocycles. The summed E-state index contributed by atoms with van der Waals surface area (Å²) in [5.41, 5.74) is -0.561. The summed E-state index contributed by atoms with van der Waals surface area (Å²) in [6.07, 6.45) is -3.12. The van der Waals surface area contributed by atoms with Crippen molar-refractivity contribution in [1.82, 2.24) is 9.80 Å². The lowest BCUT2D eigenvalue weighted by Gasteiger charge is -2.36. The molecule has 2 rings (SSSR count). The van der Waals surface area contributed by atoms with Crippen LogP contribution >= 0.6 is 0 Å². The first-order valence-electron chi connectivity index (χ1n) is 8.95. The predicted octanol–water partition coefficient (Wildman–Crippen LogP) is 3.21. The standard InChI is InChI=1S/C19H25F3N2O3/c1-13(15-5-3-4-6-16(15)19(20,21)22)11-17(25)24-9-7-14(8-10-24)23(2)12-18(26)27/h3-6,13-14H,7-12H2,1-2H3,(H,26,27)/t13-/m1/s1. The third-order valence-corrected chi connectivity index (χ3v) is 5.10. The maximum absolute atomic E-state index is 13.2. The summed E-state index contributed by atoms with van der Waals surface area (Å²) in [5, 5.41) is 8.86. The Bertz CT molecular complexity index is 670. The normalized spacial score (nSPS) is 17.2. The molecule has 0 aromatic heterocycles. The van der Waals surface area contributed by atoms with Gasteiger partial charge in [0.05, 0.1) is 12.1 Å². The van der Waals surface area contributed by atoms with Gasteiger partial charge in [-0.2, -0.15) is 13.2 Å². The zero-order valence-electron chi connectivity index (χ0n) is 15.5. The summed E-state index contributed by atoms with van der Waals surface area (Å²) in [6, 6.07) is 5.45. The molecule has 1 aromatic rings. The summed E-state index contributed by atoms with van der Waals surface area (Å²) in [5.74, 6) is -1.60. The lowest BCUT2D eigenvalue weighted by atomic mass is 9.92. The van der Waals surface area contributed by atoms with Crippen molar-refractivity contribution >= 4 is 11.9 Å². The Labute approximate surface area is 156 Å². The fraction of sp³-hybridized carbons (Fsp3) is 0.579. The van der Waals surface area contributed by atoms with Crippen LogP contribution in [-0.2, 0) is 15.8 Å². The van der Waals surface area contributed by atoms with Crippen molar-refractivity contribution in [1.29, 1.82) is 0 Å². The van der Waals surface area contributed by atoms with E-state index in [1.54, 1.807) is 29.8 Å². The first-order chi connectivity index (χ1) is 12.6. The number of likely N-dealkylation sites (N-methyl/N-ethyl adjacent to an activating group) is 1. The van der Waals surface area contributed by atoms with Crippen LogP contribution < -0.4 is 0 Å². The number of benzene rings is 1. The number of carboxylic acids is 1. The molecule has 1 N–H and O–H groups in total. The minimum absolute atomic E-state index is 0.0166. The molecule has 1 atom stereocenters. The Hall–Kier alpha value is -2.09. The molecule has 150 valence electrons. The van der Waals surface area contributed by atoms with E-state index in [1.165, 1.54) is 12.1 Å². The molecule has 1 aliphatic heterocycles. The SMILES string of the molecule is C[C@H](CC(=O)N1CCC(N(C)CC(=O)O)CC1)c1ccccc1C(F)(F)F. The van der Waals surface area contributed by atoms with E-state index in [1.807, 2.05) is 0 Å². The van der Waals surface area contributed by atoms with Gasteiger partial charge in [-0.3, -0.25) is 14.5 Å². The second-order valence-corrected chi connectivity index (χ2v) is 7.11. The number of rotatable bonds is 6. The molecule has 1 aromatic carbocycles. The Morgan fingerprint density at radius 1 is 1.26 bits per heavy atom. The zero-order chi connectivity index (χ0) is 20.2. The van der Waals surface area contributed by atoms with Gasteiger partial charge < -0.3 is 10.0 Å². The molecule has 0 unspecified atom stereocenters. The highest BCUT2D eigenvalue weighted by atomic mass is 19.4. The number of hydrogen-bond donors (Lipinski definition) is 1. The number of amides is 1. The Kier molecular flexibility index (Phi) is 6.86. The van der Waals surface area contributed by atoms with E-state index in [0.717, 1.165) is 6.07 Å². The predicted molar refractivity (Wildman–Crippen MR) is 94.3 cm³/mol. The number of alkyl halides is 3. The van der Waals surface area contributed by atoms with E-state index in [2.05, 4.69) is 0 Å². The Morgan fingerprint density at radius 3 is 2.41 bits per heavy atom. The van der Waals surface area contributed by atoms with Crippen molar-refractivity contribution in [3.8, 4) is 0 Å². The molecule has 0 radical (unpaired) electrons. The number of hydrogen-bond acceptors (Lipinski definition) is 3. The van der Waals surface area contributed by atoms with Gasteiger partial charge in [-0.05, 0) is 37.4 Å². The van der Waals surface area contributed by atoms with E-state index in [4.69, 9.17) is 5.11 Å². The van der Waals surface area contributed by atoms with Crippen molar-refractivity contribution < 1.29 is 27.9 Å². The molecule has 0 spiro atoms. The summed E-state index contributed by atoms with van der Waals surface area (Å²) >= 11 is 0. The van der Waals surface area contributed by atoms with Gasteiger partial charge in [0.25, 0.3) is 0 Å². The van der Waals surface area contributed by atoms with E-state index in [-0.39, 0.29) is 30.5 Å². The average Bonchev–Trinajstić information content (AvgIpc) is 2.60. The van der Waals surface area contributed by atoms with Crippen molar-refractivity contribution in [2.45, 2.75) is 44.3 Å². The number of carbonyl (C=O) groups excluding carboxylic acids is 1. The first-order valence-corrected chi connectivity index (χ1v) is 8.95. The van der Waals surface area contributed by atoms with E-state index in [0.29, 0.717) is 25.9 Å². The summed E-state index contributed by atoms with van der Waals surface area (Å²) in [7, 11) is 1.74. The molecule has 8 heteroatoms.